The Kier molecular flexibility index (Phi) is 3.08. The molecule has 2 rings (SSSR count). The number of nitrogens with zero attached hydrogens (tertiary/aromatic N) is 2. The van der Waals surface area contributed by atoms with E-state index in [1.54, 1.807) is 10.9 Å². The predicted octanol–water partition coefficient (Wildman–Crippen LogP) is 3.38. The fourth-order valence-electron chi connectivity index (χ4n) is 1.54. The minimum atomic E-state index is 0.0322. The van der Waals surface area contributed by atoms with Crippen LogP contribution < -0.4 is 5.73 Å². The monoisotopic (exact) mass is 255 g/mol. The molecule has 3 nitrogen and oxygen atoms in total. The summed E-state index contributed by atoms with van der Waals surface area (Å²) in [5.41, 5.74) is 6.89. The van der Waals surface area contributed by atoms with Crippen molar-refractivity contribution in [3.05, 3.63) is 46.1 Å². The number of aromatic nitrogens is 2. The highest BCUT2D eigenvalue weighted by molar-refractivity contribution is 6.32. The van der Waals surface area contributed by atoms with Crippen LogP contribution in [0.1, 0.15) is 18.5 Å². The summed E-state index contributed by atoms with van der Waals surface area (Å²) < 4.78 is 1.69. The molecule has 0 amide bonds. The molecule has 1 atom stereocenters. The summed E-state index contributed by atoms with van der Waals surface area (Å²) in [5, 5.41) is 5.32. The van der Waals surface area contributed by atoms with Crippen LogP contribution in [0.5, 0.6) is 0 Å². The second-order valence-corrected chi connectivity index (χ2v) is 4.39. The third-order valence-electron chi connectivity index (χ3n) is 2.51. The molecule has 0 bridgehead atoms. The molecule has 0 aliphatic heterocycles. The Hall–Kier alpha value is -1.19. The van der Waals surface area contributed by atoms with E-state index in [4.69, 9.17) is 28.9 Å². The summed E-state index contributed by atoms with van der Waals surface area (Å²) in [7, 11) is 0. The van der Waals surface area contributed by atoms with Gasteiger partial charge >= 0.3 is 0 Å². The largest absolute Gasteiger partial charge is 0.383 e. The van der Waals surface area contributed by atoms with Crippen molar-refractivity contribution in [1.29, 1.82) is 0 Å². The van der Waals surface area contributed by atoms with Crippen LogP contribution in [0.2, 0.25) is 10.0 Å². The van der Waals surface area contributed by atoms with Gasteiger partial charge in [-0.25, -0.2) is 4.68 Å². The SMILES string of the molecule is CC(c1ccc(Cl)cc1)n1ncc(Cl)c1N. The smallest absolute Gasteiger partial charge is 0.141 e. The maximum atomic E-state index is 5.86. The molecule has 0 spiro atoms. The van der Waals surface area contributed by atoms with E-state index < -0.39 is 0 Å². The van der Waals surface area contributed by atoms with Crippen molar-refractivity contribution in [2.45, 2.75) is 13.0 Å². The van der Waals surface area contributed by atoms with Gasteiger partial charge < -0.3 is 5.73 Å². The highest BCUT2D eigenvalue weighted by Crippen LogP contribution is 2.25. The van der Waals surface area contributed by atoms with E-state index in [-0.39, 0.29) is 6.04 Å². The number of anilines is 1. The Balaban J connectivity index is 2.35. The highest BCUT2D eigenvalue weighted by Gasteiger charge is 2.13. The van der Waals surface area contributed by atoms with E-state index in [1.807, 2.05) is 31.2 Å². The summed E-state index contributed by atoms with van der Waals surface area (Å²) in [6, 6.07) is 7.61. The average Bonchev–Trinajstić information content (AvgIpc) is 2.60. The van der Waals surface area contributed by atoms with Crippen molar-refractivity contribution in [3.8, 4) is 0 Å². The first kappa shape index (κ1) is 11.3. The van der Waals surface area contributed by atoms with Crippen molar-refractivity contribution in [2.24, 2.45) is 0 Å². The molecule has 0 radical (unpaired) electrons. The van der Waals surface area contributed by atoms with E-state index >= 15 is 0 Å². The number of nitrogens with two attached hydrogens (primary N) is 1. The maximum Gasteiger partial charge on any atom is 0.141 e. The molecule has 16 heavy (non-hydrogen) atoms. The number of nitrogen functional groups attached to an aromatic ring is 1. The van der Waals surface area contributed by atoms with E-state index in [0.29, 0.717) is 15.9 Å². The Labute approximate surface area is 104 Å². The third kappa shape index (κ3) is 2.01. The number of halogens is 2. The summed E-state index contributed by atoms with van der Waals surface area (Å²) in [5.74, 6) is 0.476. The van der Waals surface area contributed by atoms with Gasteiger partial charge in [-0.2, -0.15) is 5.10 Å². The molecule has 0 saturated carbocycles. The molecule has 5 heteroatoms. The van der Waals surface area contributed by atoms with Gasteiger partial charge in [-0.05, 0) is 24.6 Å². The van der Waals surface area contributed by atoms with E-state index in [1.165, 1.54) is 0 Å². The Morgan fingerprint density at radius 3 is 2.38 bits per heavy atom. The van der Waals surface area contributed by atoms with Crippen LogP contribution in [0.25, 0.3) is 0 Å². The molecule has 0 fully saturated rings. The van der Waals surface area contributed by atoms with Crippen molar-refractivity contribution in [1.82, 2.24) is 9.78 Å². The van der Waals surface area contributed by atoms with Crippen LogP contribution in [0.4, 0.5) is 5.82 Å². The van der Waals surface area contributed by atoms with Gasteiger partial charge in [0.1, 0.15) is 10.8 Å². The van der Waals surface area contributed by atoms with Crippen LogP contribution in [-0.4, -0.2) is 9.78 Å². The third-order valence-corrected chi connectivity index (χ3v) is 3.05. The zero-order valence-corrected chi connectivity index (χ0v) is 10.2. The van der Waals surface area contributed by atoms with Crippen molar-refractivity contribution in [2.75, 3.05) is 5.73 Å². The predicted molar refractivity (Wildman–Crippen MR) is 66.9 cm³/mol. The van der Waals surface area contributed by atoms with Crippen LogP contribution in [-0.2, 0) is 0 Å². The maximum absolute atomic E-state index is 5.86. The minimum absolute atomic E-state index is 0.0322. The molecular formula is C11H11Cl2N3. The number of hydrogen-bond donors (Lipinski definition) is 1. The lowest BCUT2D eigenvalue weighted by molar-refractivity contribution is 0.573. The topological polar surface area (TPSA) is 43.8 Å². The van der Waals surface area contributed by atoms with Gasteiger partial charge in [0.15, 0.2) is 0 Å². The lowest BCUT2D eigenvalue weighted by atomic mass is 10.1. The highest BCUT2D eigenvalue weighted by atomic mass is 35.5. The van der Waals surface area contributed by atoms with Crippen LogP contribution in [0.15, 0.2) is 30.5 Å². The molecule has 1 aromatic heterocycles. The van der Waals surface area contributed by atoms with Crippen molar-refractivity contribution < 1.29 is 0 Å². The molecule has 0 saturated heterocycles. The average molecular weight is 256 g/mol. The normalized spacial score (nSPS) is 12.7. The lowest BCUT2D eigenvalue weighted by Crippen LogP contribution is -2.11. The summed E-state index contributed by atoms with van der Waals surface area (Å²) in [6.45, 7) is 2.00. The molecule has 1 unspecified atom stereocenters. The zero-order valence-electron chi connectivity index (χ0n) is 8.69. The molecule has 1 heterocycles. The molecule has 0 aliphatic rings. The first-order valence-corrected chi connectivity index (χ1v) is 5.59. The standard InChI is InChI=1S/C11H11Cl2N3/c1-7(8-2-4-9(12)5-3-8)16-11(14)10(13)6-15-16/h2-7H,14H2,1H3. The van der Waals surface area contributed by atoms with Gasteiger partial charge in [0.2, 0.25) is 0 Å². The van der Waals surface area contributed by atoms with Gasteiger partial charge in [-0.15, -0.1) is 0 Å². The molecule has 0 aliphatic carbocycles. The fraction of sp³-hybridized carbons (Fsp3) is 0.182. The first-order valence-electron chi connectivity index (χ1n) is 4.83. The van der Waals surface area contributed by atoms with Gasteiger partial charge in [-0.3, -0.25) is 0 Å². The lowest BCUT2D eigenvalue weighted by Gasteiger charge is -2.14. The molecule has 1 aromatic carbocycles. The molecule has 2 N–H and O–H groups in total. The summed E-state index contributed by atoms with van der Waals surface area (Å²) in [4.78, 5) is 0. The molecule has 84 valence electrons. The van der Waals surface area contributed by atoms with E-state index in [0.717, 1.165) is 5.56 Å². The van der Waals surface area contributed by atoms with Crippen LogP contribution in [0.3, 0.4) is 0 Å². The first-order chi connectivity index (χ1) is 7.59. The Morgan fingerprint density at radius 2 is 1.88 bits per heavy atom. The fourth-order valence-corrected chi connectivity index (χ4v) is 1.80. The molecular weight excluding hydrogens is 245 g/mol. The number of rotatable bonds is 2. The van der Waals surface area contributed by atoms with Gasteiger partial charge in [0.05, 0.1) is 12.2 Å². The van der Waals surface area contributed by atoms with Crippen molar-refractivity contribution >= 4 is 29.0 Å². The van der Waals surface area contributed by atoms with Gasteiger partial charge in [0, 0.05) is 5.02 Å². The van der Waals surface area contributed by atoms with E-state index in [2.05, 4.69) is 5.10 Å². The summed E-state index contributed by atoms with van der Waals surface area (Å²) >= 11 is 11.7. The van der Waals surface area contributed by atoms with Crippen LogP contribution in [0, 0.1) is 0 Å². The zero-order chi connectivity index (χ0) is 11.7. The van der Waals surface area contributed by atoms with Crippen molar-refractivity contribution in [3.63, 3.8) is 0 Å². The quantitative estimate of drug-likeness (QED) is 0.895. The number of benzene rings is 1. The Bertz CT molecular complexity index is 490. The van der Waals surface area contributed by atoms with Gasteiger partial charge in [0.25, 0.3) is 0 Å². The van der Waals surface area contributed by atoms with Gasteiger partial charge in [-0.1, -0.05) is 35.3 Å². The Morgan fingerprint density at radius 1 is 1.25 bits per heavy atom. The minimum Gasteiger partial charge on any atom is -0.383 e. The second-order valence-electron chi connectivity index (χ2n) is 3.55. The van der Waals surface area contributed by atoms with Crippen LogP contribution >= 0.6 is 23.2 Å². The summed E-state index contributed by atoms with van der Waals surface area (Å²) in [6.07, 6.45) is 1.54. The molecule has 2 aromatic rings. The second kappa shape index (κ2) is 4.36. The number of hydrogen-bond acceptors (Lipinski definition) is 2. The van der Waals surface area contributed by atoms with E-state index in [9.17, 15) is 0 Å².